The molecule has 0 radical (unpaired) electrons. The van der Waals surface area contributed by atoms with Crippen molar-refractivity contribution in [3.8, 4) is 17.9 Å². The van der Waals surface area contributed by atoms with Gasteiger partial charge in [-0.3, -0.25) is 0 Å². The summed E-state index contributed by atoms with van der Waals surface area (Å²) in [5.41, 5.74) is 1.90. The summed E-state index contributed by atoms with van der Waals surface area (Å²) in [4.78, 5) is 2.15. The Kier molecular flexibility index (Phi) is 4.58. The number of aliphatic hydroxyl groups excluding tert-OH is 1. The Hall–Kier alpha value is -3.88. The molecule has 2 N–H and O–H groups in total. The molecule has 1 aliphatic carbocycles. The molecular formula is C23H20N6O2. The monoisotopic (exact) mass is 412 g/mol. The first-order chi connectivity index (χ1) is 15.1. The number of benzene rings is 2. The second kappa shape index (κ2) is 7.42. The maximum atomic E-state index is 10.2. The molecule has 3 atom stereocenters. The lowest BCUT2D eigenvalue weighted by Crippen LogP contribution is -2.51. The molecule has 6 rings (SSSR count). The van der Waals surface area contributed by atoms with Crippen molar-refractivity contribution in [2.45, 2.75) is 37.6 Å². The van der Waals surface area contributed by atoms with Crippen molar-refractivity contribution in [1.29, 1.82) is 10.5 Å². The Balaban J connectivity index is 1.49. The summed E-state index contributed by atoms with van der Waals surface area (Å²) in [6.07, 6.45) is 1.39. The molecule has 3 aliphatic rings. The van der Waals surface area contributed by atoms with Crippen molar-refractivity contribution < 1.29 is 9.84 Å². The largest absolute Gasteiger partial charge is 0.495 e. The molecule has 0 amide bonds. The third-order valence-electron chi connectivity index (χ3n) is 6.20. The number of methoxy groups -OCH3 is 1. The zero-order valence-electron chi connectivity index (χ0n) is 16.9. The average molecular weight is 412 g/mol. The predicted octanol–water partition coefficient (Wildman–Crippen LogP) is 2.71. The highest BCUT2D eigenvalue weighted by molar-refractivity contribution is 5.99. The minimum Gasteiger partial charge on any atom is -0.495 e. The van der Waals surface area contributed by atoms with Crippen LogP contribution in [0, 0.1) is 22.7 Å². The maximum Gasteiger partial charge on any atom is 0.159 e. The number of ether oxygens (including phenoxy) is 1. The normalized spacial score (nSPS) is 21.3. The molecule has 0 spiro atoms. The summed E-state index contributed by atoms with van der Waals surface area (Å²) in [6, 6.07) is 15.6. The Bertz CT molecular complexity index is 1260. The molecule has 8 nitrogen and oxygen atoms in total. The van der Waals surface area contributed by atoms with E-state index in [0.29, 0.717) is 29.2 Å². The number of nitrogens with zero attached hydrogens (tertiary/aromatic N) is 5. The lowest BCUT2D eigenvalue weighted by molar-refractivity contribution is 0.173. The highest BCUT2D eigenvalue weighted by Gasteiger charge is 2.51. The lowest BCUT2D eigenvalue weighted by atomic mass is 10.0. The molecule has 2 aromatic carbocycles. The van der Waals surface area contributed by atoms with Crippen molar-refractivity contribution in [1.82, 2.24) is 10.2 Å². The van der Waals surface area contributed by atoms with E-state index in [2.05, 4.69) is 32.6 Å². The molecular weight excluding hydrogens is 392 g/mol. The fourth-order valence-electron chi connectivity index (χ4n) is 4.63. The molecule has 31 heavy (non-hydrogen) atoms. The minimum atomic E-state index is -0.331. The summed E-state index contributed by atoms with van der Waals surface area (Å²) in [6.45, 7) is 0.437. The lowest BCUT2D eigenvalue weighted by Gasteiger charge is -2.42. The van der Waals surface area contributed by atoms with Gasteiger partial charge in [0, 0.05) is 23.4 Å². The van der Waals surface area contributed by atoms with Gasteiger partial charge in [0.2, 0.25) is 0 Å². The zero-order valence-corrected chi connectivity index (χ0v) is 16.9. The van der Waals surface area contributed by atoms with Crippen LogP contribution < -0.4 is 15.0 Å². The van der Waals surface area contributed by atoms with Gasteiger partial charge in [-0.2, -0.15) is 10.5 Å². The van der Waals surface area contributed by atoms with Gasteiger partial charge in [-0.25, -0.2) is 0 Å². The van der Waals surface area contributed by atoms with Crippen molar-refractivity contribution in [3.05, 3.63) is 53.1 Å². The van der Waals surface area contributed by atoms with Crippen LogP contribution in [0.1, 0.15) is 29.5 Å². The van der Waals surface area contributed by atoms with E-state index in [-0.39, 0.29) is 18.2 Å². The number of rotatable bonds is 5. The van der Waals surface area contributed by atoms with Crippen molar-refractivity contribution in [3.63, 3.8) is 0 Å². The third kappa shape index (κ3) is 3.09. The fourth-order valence-corrected chi connectivity index (χ4v) is 4.63. The second-order valence-electron chi connectivity index (χ2n) is 7.91. The molecule has 3 unspecified atom stereocenters. The molecule has 3 heterocycles. The number of nitrogens with one attached hydrogen (secondary N) is 1. The van der Waals surface area contributed by atoms with Gasteiger partial charge in [0.25, 0.3) is 0 Å². The Morgan fingerprint density at radius 2 is 2.00 bits per heavy atom. The summed E-state index contributed by atoms with van der Waals surface area (Å²) in [5, 5.41) is 42.8. The molecule has 8 heteroatoms. The van der Waals surface area contributed by atoms with Gasteiger partial charge in [0.05, 0.1) is 36.5 Å². The Labute approximate surface area is 179 Å². The van der Waals surface area contributed by atoms with E-state index in [1.54, 1.807) is 18.2 Å². The van der Waals surface area contributed by atoms with Gasteiger partial charge in [0.1, 0.15) is 11.8 Å². The van der Waals surface area contributed by atoms with Gasteiger partial charge < -0.3 is 20.1 Å². The Morgan fingerprint density at radius 1 is 1.13 bits per heavy atom. The molecule has 2 saturated heterocycles. The van der Waals surface area contributed by atoms with E-state index in [1.165, 1.54) is 7.11 Å². The van der Waals surface area contributed by atoms with Crippen molar-refractivity contribution >= 4 is 22.4 Å². The maximum absolute atomic E-state index is 10.2. The topological polar surface area (TPSA) is 118 Å². The standard InChI is InChI=1S/C23H20N6O2/c1-31-21-5-3-14(6-15(21)11-25)12-26-22-18-7-13(10-24)2-4-17(18)23(28-27-22)29-16-8-19(29)20(30)9-16/h2-7,16,19-20,30H,8-9,12H2,1H3,(H,26,27). The van der Waals surface area contributed by atoms with Gasteiger partial charge in [0.15, 0.2) is 11.6 Å². The first kappa shape index (κ1) is 19.1. The summed E-state index contributed by atoms with van der Waals surface area (Å²) in [5.74, 6) is 1.85. The van der Waals surface area contributed by atoms with E-state index in [4.69, 9.17) is 4.74 Å². The number of fused-ring (bicyclic) bond motifs is 2. The SMILES string of the molecule is COc1ccc(CNc2nnc(N3C4CC(O)C3C4)c3ccc(C#N)cc23)cc1C#N. The van der Waals surface area contributed by atoms with Gasteiger partial charge in [-0.05, 0) is 48.7 Å². The van der Waals surface area contributed by atoms with Crippen LogP contribution in [0.15, 0.2) is 36.4 Å². The highest BCUT2D eigenvalue weighted by Crippen LogP contribution is 2.45. The van der Waals surface area contributed by atoms with Crippen molar-refractivity contribution in [2.24, 2.45) is 0 Å². The summed E-state index contributed by atoms with van der Waals surface area (Å²) < 4.78 is 5.20. The highest BCUT2D eigenvalue weighted by atomic mass is 16.5. The van der Waals surface area contributed by atoms with Gasteiger partial charge >= 0.3 is 0 Å². The summed E-state index contributed by atoms with van der Waals surface area (Å²) in [7, 11) is 1.54. The van der Waals surface area contributed by atoms with Crippen LogP contribution in [-0.2, 0) is 6.54 Å². The molecule has 2 aliphatic heterocycles. The predicted molar refractivity (Wildman–Crippen MR) is 115 cm³/mol. The van der Waals surface area contributed by atoms with E-state index in [9.17, 15) is 15.6 Å². The molecule has 154 valence electrons. The zero-order chi connectivity index (χ0) is 21.5. The van der Waals surface area contributed by atoms with Crippen LogP contribution in [0.5, 0.6) is 5.75 Å². The van der Waals surface area contributed by atoms with Crippen LogP contribution in [0.2, 0.25) is 0 Å². The number of hydrogen-bond donors (Lipinski definition) is 2. The van der Waals surface area contributed by atoms with E-state index in [1.807, 2.05) is 18.2 Å². The smallest absolute Gasteiger partial charge is 0.159 e. The van der Waals surface area contributed by atoms with Crippen LogP contribution in [0.25, 0.3) is 10.8 Å². The first-order valence-corrected chi connectivity index (χ1v) is 10.1. The van der Waals surface area contributed by atoms with Crippen LogP contribution >= 0.6 is 0 Å². The number of aliphatic hydroxyl groups is 1. The number of nitriles is 2. The minimum absolute atomic E-state index is 0.0839. The Morgan fingerprint density at radius 3 is 2.68 bits per heavy atom. The molecule has 2 bridgehead atoms. The molecule has 1 aromatic heterocycles. The summed E-state index contributed by atoms with van der Waals surface area (Å²) >= 11 is 0. The molecule has 3 fully saturated rings. The quantitative estimate of drug-likeness (QED) is 0.657. The van der Waals surface area contributed by atoms with Crippen LogP contribution in [0.4, 0.5) is 11.6 Å². The second-order valence-corrected chi connectivity index (χ2v) is 7.91. The third-order valence-corrected chi connectivity index (χ3v) is 6.20. The van der Waals surface area contributed by atoms with Gasteiger partial charge in [-0.15, -0.1) is 10.2 Å². The number of anilines is 2. The van der Waals surface area contributed by atoms with E-state index in [0.717, 1.165) is 35.0 Å². The van der Waals surface area contributed by atoms with Crippen LogP contribution in [0.3, 0.4) is 0 Å². The van der Waals surface area contributed by atoms with E-state index >= 15 is 0 Å². The van der Waals surface area contributed by atoms with Crippen molar-refractivity contribution in [2.75, 3.05) is 17.3 Å². The number of hydrogen-bond acceptors (Lipinski definition) is 8. The van der Waals surface area contributed by atoms with Crippen LogP contribution in [-0.4, -0.2) is 40.6 Å². The number of aromatic nitrogens is 2. The van der Waals surface area contributed by atoms with Gasteiger partial charge in [-0.1, -0.05) is 6.07 Å². The average Bonchev–Trinajstić information content (AvgIpc) is 3.33. The first-order valence-electron chi connectivity index (χ1n) is 10.1. The molecule has 1 saturated carbocycles. The van der Waals surface area contributed by atoms with E-state index < -0.39 is 0 Å². The molecule has 3 aromatic rings. The fraction of sp³-hybridized carbons (Fsp3) is 0.304.